The highest BCUT2D eigenvalue weighted by molar-refractivity contribution is 7.14. The molecule has 2 N–H and O–H groups in total. The average Bonchev–Trinajstić information content (AvgIpc) is 3.24. The number of amides is 2. The van der Waals surface area contributed by atoms with Crippen molar-refractivity contribution in [1.82, 2.24) is 10.2 Å². The molecule has 4 rings (SSSR count). The molecule has 2 heterocycles. The minimum atomic E-state index is -0.132. The summed E-state index contributed by atoms with van der Waals surface area (Å²) in [6.45, 7) is 4.58. The van der Waals surface area contributed by atoms with E-state index < -0.39 is 0 Å². The lowest BCUT2D eigenvalue weighted by molar-refractivity contribution is -0.127. The van der Waals surface area contributed by atoms with Crippen LogP contribution in [0.5, 0.6) is 0 Å². The Kier molecular flexibility index (Phi) is 7.87. The Hall–Kier alpha value is -1.89. The fourth-order valence-electron chi connectivity index (χ4n) is 4.68. The van der Waals surface area contributed by atoms with E-state index in [0.29, 0.717) is 21.6 Å². The molecule has 32 heavy (non-hydrogen) atoms. The van der Waals surface area contributed by atoms with Gasteiger partial charge in [-0.25, -0.2) is 0 Å². The Morgan fingerprint density at radius 3 is 2.50 bits per heavy atom. The number of rotatable bonds is 6. The number of aryl methyl sites for hydroxylation is 1. The average molecular weight is 474 g/mol. The molecule has 0 bridgehead atoms. The molecule has 1 aromatic heterocycles. The monoisotopic (exact) mass is 473 g/mol. The lowest BCUT2D eigenvalue weighted by Crippen LogP contribution is -2.44. The molecule has 5 nitrogen and oxygen atoms in total. The summed E-state index contributed by atoms with van der Waals surface area (Å²) in [6.07, 6.45) is 7.83. The number of piperidine rings is 1. The van der Waals surface area contributed by atoms with Gasteiger partial charge >= 0.3 is 0 Å². The molecule has 0 spiro atoms. The number of hydrogen-bond donors (Lipinski definition) is 2. The van der Waals surface area contributed by atoms with Crippen molar-refractivity contribution in [3.63, 3.8) is 0 Å². The highest BCUT2D eigenvalue weighted by Gasteiger charge is 2.27. The van der Waals surface area contributed by atoms with E-state index in [1.165, 1.54) is 30.6 Å². The van der Waals surface area contributed by atoms with E-state index >= 15 is 0 Å². The quantitative estimate of drug-likeness (QED) is 0.572. The summed E-state index contributed by atoms with van der Waals surface area (Å²) in [6, 6.07) is 9.97. The second-order valence-corrected chi connectivity index (χ2v) is 10.8. The first-order chi connectivity index (χ1) is 15.5. The summed E-state index contributed by atoms with van der Waals surface area (Å²) >= 11 is 7.81. The van der Waals surface area contributed by atoms with Gasteiger partial charge in [-0.3, -0.25) is 14.5 Å². The second kappa shape index (κ2) is 10.8. The van der Waals surface area contributed by atoms with Gasteiger partial charge in [0.2, 0.25) is 5.91 Å². The van der Waals surface area contributed by atoms with E-state index in [9.17, 15) is 9.59 Å². The number of anilines is 1. The Balaban J connectivity index is 1.28. The number of carbonyl (C=O) groups is 2. The molecule has 7 heteroatoms. The number of halogens is 1. The molecule has 0 unspecified atom stereocenters. The molecule has 2 aromatic rings. The van der Waals surface area contributed by atoms with Crippen LogP contribution in [-0.2, 0) is 11.3 Å². The van der Waals surface area contributed by atoms with Crippen molar-refractivity contribution in [2.75, 3.05) is 18.4 Å². The van der Waals surface area contributed by atoms with Gasteiger partial charge in [-0.2, -0.15) is 0 Å². The van der Waals surface area contributed by atoms with Crippen LogP contribution in [0, 0.1) is 12.8 Å². The van der Waals surface area contributed by atoms with Crippen LogP contribution in [0.4, 0.5) is 5.69 Å². The third-order valence-electron chi connectivity index (χ3n) is 6.56. The van der Waals surface area contributed by atoms with Crippen molar-refractivity contribution >= 4 is 40.4 Å². The maximum Gasteiger partial charge on any atom is 0.265 e. The third kappa shape index (κ3) is 6.12. The number of benzene rings is 1. The molecule has 1 aliphatic carbocycles. The predicted octanol–water partition coefficient (Wildman–Crippen LogP) is 5.62. The highest BCUT2D eigenvalue weighted by Crippen LogP contribution is 2.27. The van der Waals surface area contributed by atoms with Crippen LogP contribution in [0.25, 0.3) is 0 Å². The Morgan fingerprint density at radius 2 is 1.81 bits per heavy atom. The normalized spacial score (nSPS) is 18.4. The van der Waals surface area contributed by atoms with Gasteiger partial charge < -0.3 is 10.6 Å². The molecule has 2 fully saturated rings. The zero-order valence-electron chi connectivity index (χ0n) is 18.7. The molecule has 0 atom stereocenters. The molecule has 172 valence electrons. The second-order valence-electron chi connectivity index (χ2n) is 9.07. The molecule has 0 radical (unpaired) electrons. The van der Waals surface area contributed by atoms with Crippen LogP contribution in [0.3, 0.4) is 0 Å². The fraction of sp³-hybridized carbons (Fsp3) is 0.520. The van der Waals surface area contributed by atoms with E-state index in [0.717, 1.165) is 55.8 Å². The lowest BCUT2D eigenvalue weighted by Gasteiger charge is -2.32. The Bertz CT molecular complexity index is 946. The summed E-state index contributed by atoms with van der Waals surface area (Å²) in [5.74, 6) is 0.242. The third-order valence-corrected chi connectivity index (χ3v) is 7.89. The van der Waals surface area contributed by atoms with Crippen molar-refractivity contribution in [1.29, 1.82) is 0 Å². The van der Waals surface area contributed by atoms with Crippen LogP contribution in [-0.4, -0.2) is 35.8 Å². The molecular weight excluding hydrogens is 442 g/mol. The molecule has 1 aliphatic heterocycles. The van der Waals surface area contributed by atoms with Crippen LogP contribution in [0.2, 0.25) is 5.02 Å². The van der Waals surface area contributed by atoms with Gasteiger partial charge in [-0.15, -0.1) is 11.3 Å². The number of thiophene rings is 1. The molecule has 2 amide bonds. The molecule has 1 saturated heterocycles. The maximum atomic E-state index is 12.7. The Labute approximate surface area is 199 Å². The zero-order chi connectivity index (χ0) is 22.5. The fourth-order valence-corrected chi connectivity index (χ4v) is 5.61. The standard InChI is InChI=1S/C25H32ClN3O2S/c1-17-7-10-23(32-17)25(31)28-22-15-18(8-9-21(22)26)16-29-13-11-19(12-14-29)24(30)27-20-5-3-2-4-6-20/h7-10,15,19-20H,2-6,11-14,16H2,1H3,(H,27,30)(H,28,31). The van der Waals surface area contributed by atoms with E-state index in [4.69, 9.17) is 11.6 Å². The Morgan fingerprint density at radius 1 is 1.06 bits per heavy atom. The molecule has 2 aliphatic rings. The molecule has 1 aromatic carbocycles. The van der Waals surface area contributed by atoms with Crippen LogP contribution >= 0.6 is 22.9 Å². The minimum Gasteiger partial charge on any atom is -0.353 e. The van der Waals surface area contributed by atoms with Crippen molar-refractivity contribution in [3.8, 4) is 0 Å². The first kappa shape index (κ1) is 23.3. The van der Waals surface area contributed by atoms with Gasteiger partial charge in [0.15, 0.2) is 0 Å². The van der Waals surface area contributed by atoms with Gasteiger partial charge in [0.05, 0.1) is 15.6 Å². The largest absolute Gasteiger partial charge is 0.353 e. The van der Waals surface area contributed by atoms with Crippen LogP contribution in [0.1, 0.15) is 65.1 Å². The molecule has 1 saturated carbocycles. The van der Waals surface area contributed by atoms with Crippen LogP contribution in [0.15, 0.2) is 30.3 Å². The summed E-state index contributed by atoms with van der Waals surface area (Å²) in [4.78, 5) is 29.3. The number of nitrogens with one attached hydrogen (secondary N) is 2. The van der Waals surface area contributed by atoms with Crippen molar-refractivity contribution in [2.45, 2.75) is 64.5 Å². The molecular formula is C25H32ClN3O2S. The van der Waals surface area contributed by atoms with Gasteiger partial charge in [0.25, 0.3) is 5.91 Å². The van der Waals surface area contributed by atoms with Crippen molar-refractivity contribution in [2.24, 2.45) is 5.92 Å². The van der Waals surface area contributed by atoms with E-state index in [1.54, 1.807) is 0 Å². The van der Waals surface area contributed by atoms with Crippen molar-refractivity contribution in [3.05, 3.63) is 50.7 Å². The number of likely N-dealkylation sites (tertiary alicyclic amines) is 1. The number of hydrogen-bond acceptors (Lipinski definition) is 4. The number of nitrogens with zero attached hydrogens (tertiary/aromatic N) is 1. The highest BCUT2D eigenvalue weighted by atomic mass is 35.5. The van der Waals surface area contributed by atoms with Crippen molar-refractivity contribution < 1.29 is 9.59 Å². The van der Waals surface area contributed by atoms with Gasteiger partial charge in [0.1, 0.15) is 0 Å². The summed E-state index contributed by atoms with van der Waals surface area (Å²) < 4.78 is 0. The summed E-state index contributed by atoms with van der Waals surface area (Å²) in [5.41, 5.74) is 1.75. The topological polar surface area (TPSA) is 61.4 Å². The predicted molar refractivity (Wildman–Crippen MR) is 131 cm³/mol. The zero-order valence-corrected chi connectivity index (χ0v) is 20.2. The minimum absolute atomic E-state index is 0.127. The summed E-state index contributed by atoms with van der Waals surface area (Å²) in [7, 11) is 0. The first-order valence-electron chi connectivity index (χ1n) is 11.7. The first-order valence-corrected chi connectivity index (χ1v) is 12.9. The van der Waals surface area contributed by atoms with Gasteiger partial charge in [-0.1, -0.05) is 36.9 Å². The van der Waals surface area contributed by atoms with E-state index in [1.807, 2.05) is 37.3 Å². The smallest absolute Gasteiger partial charge is 0.265 e. The summed E-state index contributed by atoms with van der Waals surface area (Å²) in [5, 5.41) is 6.77. The number of carbonyl (C=O) groups excluding carboxylic acids is 2. The van der Waals surface area contributed by atoms with Crippen LogP contribution < -0.4 is 10.6 Å². The van der Waals surface area contributed by atoms with E-state index in [-0.39, 0.29) is 17.7 Å². The van der Waals surface area contributed by atoms with Gasteiger partial charge in [-0.05, 0) is 75.5 Å². The SMILES string of the molecule is Cc1ccc(C(=O)Nc2cc(CN3CCC(C(=O)NC4CCCCC4)CC3)ccc2Cl)s1. The maximum absolute atomic E-state index is 12.7. The van der Waals surface area contributed by atoms with E-state index in [2.05, 4.69) is 15.5 Å². The lowest BCUT2D eigenvalue weighted by atomic mass is 9.92. The van der Waals surface area contributed by atoms with Gasteiger partial charge in [0, 0.05) is 23.4 Å².